The van der Waals surface area contributed by atoms with Crippen LogP contribution in [0.2, 0.25) is 10.0 Å². The van der Waals surface area contributed by atoms with Gasteiger partial charge in [0, 0.05) is 18.7 Å². The van der Waals surface area contributed by atoms with Crippen LogP contribution in [-0.4, -0.2) is 25.0 Å². The number of rotatable bonds is 9. The van der Waals surface area contributed by atoms with Gasteiger partial charge in [0.25, 0.3) is 0 Å². The standard InChI is InChI=1S/C26H25Cl2N3O4/c1-2-34-21-10-6-20(7-11-21)31-15-18(14-25(31)32)26(33)30-29-19-4-8-22(9-5-19)35-16-17-3-12-23(27)24(28)13-17/h3-13,18,29H,2,14-16H2,1H3,(H,30,33)/t18-/m0/s1. The number of amides is 2. The second-order valence-electron chi connectivity index (χ2n) is 8.01. The van der Waals surface area contributed by atoms with Crippen LogP contribution in [0.3, 0.4) is 0 Å². The number of benzene rings is 3. The Labute approximate surface area is 213 Å². The Morgan fingerprint density at radius 3 is 2.34 bits per heavy atom. The highest BCUT2D eigenvalue weighted by atomic mass is 35.5. The average Bonchev–Trinajstić information content (AvgIpc) is 3.26. The van der Waals surface area contributed by atoms with E-state index in [0.717, 1.165) is 17.0 Å². The minimum absolute atomic E-state index is 0.0854. The van der Waals surface area contributed by atoms with E-state index in [9.17, 15) is 9.59 Å². The molecule has 3 aromatic carbocycles. The first-order valence-corrected chi connectivity index (χ1v) is 11.9. The van der Waals surface area contributed by atoms with E-state index in [1.54, 1.807) is 41.3 Å². The first kappa shape index (κ1) is 24.7. The third kappa shape index (κ3) is 6.38. The zero-order valence-corrected chi connectivity index (χ0v) is 20.6. The fourth-order valence-electron chi connectivity index (χ4n) is 3.69. The molecular weight excluding hydrogens is 489 g/mol. The van der Waals surface area contributed by atoms with Crippen molar-refractivity contribution in [1.29, 1.82) is 0 Å². The molecule has 0 aromatic heterocycles. The van der Waals surface area contributed by atoms with Crippen LogP contribution >= 0.6 is 23.2 Å². The highest BCUT2D eigenvalue weighted by molar-refractivity contribution is 6.42. The number of hydrogen-bond acceptors (Lipinski definition) is 5. The summed E-state index contributed by atoms with van der Waals surface area (Å²) in [6.45, 7) is 3.16. The van der Waals surface area contributed by atoms with Crippen molar-refractivity contribution >= 4 is 46.4 Å². The van der Waals surface area contributed by atoms with Crippen LogP contribution in [0.25, 0.3) is 0 Å². The van der Waals surface area contributed by atoms with Crippen molar-refractivity contribution in [2.75, 3.05) is 23.5 Å². The van der Waals surface area contributed by atoms with Crippen LogP contribution in [0.1, 0.15) is 18.9 Å². The zero-order chi connectivity index (χ0) is 24.8. The molecule has 0 aliphatic carbocycles. The second-order valence-corrected chi connectivity index (χ2v) is 8.82. The van der Waals surface area contributed by atoms with Crippen molar-refractivity contribution in [3.05, 3.63) is 82.3 Å². The fourth-order valence-corrected chi connectivity index (χ4v) is 4.01. The van der Waals surface area contributed by atoms with Crippen molar-refractivity contribution in [1.82, 2.24) is 5.43 Å². The molecule has 1 fully saturated rings. The van der Waals surface area contributed by atoms with Gasteiger partial charge in [0.2, 0.25) is 11.8 Å². The summed E-state index contributed by atoms with van der Waals surface area (Å²) in [5, 5.41) is 0.980. The van der Waals surface area contributed by atoms with Gasteiger partial charge in [-0.05, 0) is 73.2 Å². The Bertz CT molecular complexity index is 1190. The minimum Gasteiger partial charge on any atom is -0.494 e. The number of hydrogen-bond donors (Lipinski definition) is 2. The molecule has 2 N–H and O–H groups in total. The van der Waals surface area contributed by atoms with Gasteiger partial charge in [0.15, 0.2) is 0 Å². The maximum atomic E-state index is 12.6. The summed E-state index contributed by atoms with van der Waals surface area (Å²) < 4.78 is 11.2. The summed E-state index contributed by atoms with van der Waals surface area (Å²) in [6.07, 6.45) is 0.155. The van der Waals surface area contributed by atoms with Crippen LogP contribution in [0.5, 0.6) is 11.5 Å². The summed E-state index contributed by atoms with van der Waals surface area (Å²) >= 11 is 12.0. The van der Waals surface area contributed by atoms with Gasteiger partial charge in [-0.2, -0.15) is 0 Å². The Kier molecular flexibility index (Phi) is 8.00. The quantitative estimate of drug-likeness (QED) is 0.371. The predicted octanol–water partition coefficient (Wildman–Crippen LogP) is 5.47. The van der Waals surface area contributed by atoms with Gasteiger partial charge in [0.05, 0.1) is 28.3 Å². The van der Waals surface area contributed by atoms with Gasteiger partial charge < -0.3 is 14.4 Å². The second kappa shape index (κ2) is 11.3. The fraction of sp³-hybridized carbons (Fsp3) is 0.231. The first-order chi connectivity index (χ1) is 16.9. The predicted molar refractivity (Wildman–Crippen MR) is 137 cm³/mol. The number of hydrazine groups is 1. The largest absolute Gasteiger partial charge is 0.494 e. The van der Waals surface area contributed by atoms with E-state index in [4.69, 9.17) is 32.7 Å². The third-order valence-electron chi connectivity index (χ3n) is 5.53. The lowest BCUT2D eigenvalue weighted by Crippen LogP contribution is -2.36. The number of anilines is 2. The van der Waals surface area contributed by atoms with Crippen LogP contribution < -0.4 is 25.2 Å². The number of nitrogens with zero attached hydrogens (tertiary/aromatic N) is 1. The van der Waals surface area contributed by atoms with Gasteiger partial charge in [-0.25, -0.2) is 0 Å². The van der Waals surface area contributed by atoms with Gasteiger partial charge in [-0.15, -0.1) is 0 Å². The van der Waals surface area contributed by atoms with Crippen molar-refractivity contribution in [3.8, 4) is 11.5 Å². The lowest BCUT2D eigenvalue weighted by atomic mass is 10.1. The molecule has 0 radical (unpaired) electrons. The van der Waals surface area contributed by atoms with Gasteiger partial charge in [0.1, 0.15) is 18.1 Å². The summed E-state index contributed by atoms with van der Waals surface area (Å²) in [6, 6.07) is 19.8. The van der Waals surface area contributed by atoms with E-state index in [1.807, 2.05) is 37.3 Å². The monoisotopic (exact) mass is 513 g/mol. The van der Waals surface area contributed by atoms with E-state index in [-0.39, 0.29) is 18.2 Å². The molecule has 0 spiro atoms. The van der Waals surface area contributed by atoms with E-state index in [1.165, 1.54) is 0 Å². The molecule has 1 heterocycles. The lowest BCUT2D eigenvalue weighted by Gasteiger charge is -2.17. The van der Waals surface area contributed by atoms with E-state index in [0.29, 0.717) is 41.2 Å². The number of ether oxygens (including phenoxy) is 2. The van der Waals surface area contributed by atoms with Crippen LogP contribution in [0.4, 0.5) is 11.4 Å². The van der Waals surface area contributed by atoms with Gasteiger partial charge in [-0.3, -0.25) is 20.4 Å². The average molecular weight is 514 g/mol. The van der Waals surface area contributed by atoms with Gasteiger partial charge >= 0.3 is 0 Å². The smallest absolute Gasteiger partial charge is 0.243 e. The molecule has 7 nitrogen and oxygen atoms in total. The molecule has 182 valence electrons. The minimum atomic E-state index is -0.449. The molecule has 2 amide bonds. The zero-order valence-electron chi connectivity index (χ0n) is 19.1. The lowest BCUT2D eigenvalue weighted by molar-refractivity contribution is -0.125. The maximum Gasteiger partial charge on any atom is 0.243 e. The number of carbonyl (C=O) groups is 2. The highest BCUT2D eigenvalue weighted by Crippen LogP contribution is 2.27. The number of nitrogens with one attached hydrogen (secondary N) is 2. The topological polar surface area (TPSA) is 79.9 Å². The summed E-state index contributed by atoms with van der Waals surface area (Å²) in [7, 11) is 0. The Morgan fingerprint density at radius 2 is 1.66 bits per heavy atom. The van der Waals surface area contributed by atoms with Crippen LogP contribution in [-0.2, 0) is 16.2 Å². The normalized spacial score (nSPS) is 15.1. The SMILES string of the molecule is CCOc1ccc(N2C[C@@H](C(=O)NNc3ccc(OCc4ccc(Cl)c(Cl)c4)cc3)CC2=O)cc1. The van der Waals surface area contributed by atoms with E-state index in [2.05, 4.69) is 10.9 Å². The molecule has 1 atom stereocenters. The molecule has 0 saturated carbocycles. The molecule has 0 unspecified atom stereocenters. The highest BCUT2D eigenvalue weighted by Gasteiger charge is 2.35. The van der Waals surface area contributed by atoms with Crippen molar-refractivity contribution in [3.63, 3.8) is 0 Å². The molecular formula is C26H25Cl2N3O4. The summed E-state index contributed by atoms with van der Waals surface area (Å²) in [4.78, 5) is 26.7. The van der Waals surface area contributed by atoms with Crippen LogP contribution in [0, 0.1) is 5.92 Å². The van der Waals surface area contributed by atoms with Crippen molar-refractivity contribution in [2.24, 2.45) is 5.92 Å². The van der Waals surface area contributed by atoms with Crippen molar-refractivity contribution in [2.45, 2.75) is 20.0 Å². The molecule has 0 bridgehead atoms. The molecule has 9 heteroatoms. The summed E-state index contributed by atoms with van der Waals surface area (Å²) in [5.41, 5.74) is 7.92. The Morgan fingerprint density at radius 1 is 0.971 bits per heavy atom. The molecule has 1 aliphatic heterocycles. The third-order valence-corrected chi connectivity index (χ3v) is 6.27. The van der Waals surface area contributed by atoms with E-state index < -0.39 is 5.92 Å². The number of carbonyl (C=O) groups excluding carboxylic acids is 2. The Balaban J connectivity index is 1.26. The Hall–Kier alpha value is -3.42. The van der Waals surface area contributed by atoms with E-state index >= 15 is 0 Å². The molecule has 35 heavy (non-hydrogen) atoms. The first-order valence-electron chi connectivity index (χ1n) is 11.2. The van der Waals surface area contributed by atoms with Crippen LogP contribution in [0.15, 0.2) is 66.7 Å². The molecule has 4 rings (SSSR count). The van der Waals surface area contributed by atoms with Crippen molar-refractivity contribution < 1.29 is 19.1 Å². The maximum absolute atomic E-state index is 12.6. The molecule has 1 aliphatic rings. The van der Waals surface area contributed by atoms with Gasteiger partial charge in [-0.1, -0.05) is 29.3 Å². The number of halogens is 2. The molecule has 3 aromatic rings. The summed E-state index contributed by atoms with van der Waals surface area (Å²) in [5.74, 6) is 0.632. The molecule has 1 saturated heterocycles.